The Hall–Kier alpha value is 1.26. The predicted molar refractivity (Wildman–Crippen MR) is 24.4 cm³/mol. The van der Waals surface area contributed by atoms with Gasteiger partial charge in [0.2, 0.25) is 0 Å². The third-order valence-electron chi connectivity index (χ3n) is 0.407. The summed E-state index contributed by atoms with van der Waals surface area (Å²) in [6, 6.07) is 0. The Morgan fingerprint density at radius 1 is 1.50 bits per heavy atom. The number of hydrogen-bond acceptors (Lipinski definition) is 2. The Balaban J connectivity index is 0. The van der Waals surface area contributed by atoms with Crippen molar-refractivity contribution in [1.29, 1.82) is 0 Å². The molecule has 0 bridgehead atoms. The zero-order valence-corrected chi connectivity index (χ0v) is 11.7. The van der Waals surface area contributed by atoms with Crippen molar-refractivity contribution in [3.63, 3.8) is 0 Å². The van der Waals surface area contributed by atoms with Crippen LogP contribution in [0.1, 0.15) is 13.8 Å². The molecule has 0 aliphatic rings. The van der Waals surface area contributed by atoms with Crippen LogP contribution in [0.25, 0.3) is 0 Å². The number of carbonyl (C=O) groups is 1. The minimum atomic E-state index is -0.187. The maximum atomic E-state index is 9.98. The van der Waals surface area contributed by atoms with Crippen molar-refractivity contribution in [3.05, 3.63) is 11.8 Å². The monoisotopic (exact) mass is 232 g/mol. The molecule has 2 nitrogen and oxygen atoms in total. The Kier molecular flexibility index (Phi) is 9.57. The smallest absolute Gasteiger partial charge is 0.876 e. The number of allylic oxidation sites excluding steroid dienone is 2. The summed E-state index contributed by atoms with van der Waals surface area (Å²) in [6.45, 7) is 2.70. The zero-order valence-electron chi connectivity index (χ0n) is 5.39. The second-order valence-electron chi connectivity index (χ2n) is 1.37. The Labute approximate surface area is 108 Å². The molecule has 0 rings (SSSR count). The van der Waals surface area contributed by atoms with Gasteiger partial charge in [-0.25, -0.2) is 0 Å². The zero-order chi connectivity index (χ0) is 5.86. The molecular formula is C5H7CsO2. The van der Waals surface area contributed by atoms with E-state index in [2.05, 4.69) is 0 Å². The van der Waals surface area contributed by atoms with Crippen LogP contribution in [-0.2, 0) is 4.79 Å². The Morgan fingerprint density at radius 2 is 1.88 bits per heavy atom. The molecule has 0 heterocycles. The van der Waals surface area contributed by atoms with Crippen molar-refractivity contribution in [2.45, 2.75) is 13.8 Å². The van der Waals surface area contributed by atoms with Crippen LogP contribution in [0.4, 0.5) is 0 Å². The summed E-state index contributed by atoms with van der Waals surface area (Å²) >= 11 is 0. The van der Waals surface area contributed by atoms with Crippen molar-refractivity contribution in [1.82, 2.24) is 0 Å². The Bertz CT molecular complexity index is 103. The summed E-state index contributed by atoms with van der Waals surface area (Å²) in [6.07, 6.45) is 1.06. The molecule has 0 unspecified atom stereocenters. The molecule has 0 N–H and O–H groups in total. The largest absolute Gasteiger partial charge is 1.00 e. The van der Waals surface area contributed by atoms with Gasteiger partial charge in [0.05, 0.1) is 0 Å². The fourth-order valence-electron chi connectivity index (χ4n) is 0.286. The molecule has 0 saturated carbocycles. The van der Waals surface area contributed by atoms with Crippen LogP contribution in [0.2, 0.25) is 0 Å². The van der Waals surface area contributed by atoms with E-state index in [9.17, 15) is 9.90 Å². The summed E-state index contributed by atoms with van der Waals surface area (Å²) in [5.74, 6) is -0.375. The minimum Gasteiger partial charge on any atom is -0.876 e. The number of carbonyl (C=O) groups excluding carboxylic acids is 1. The van der Waals surface area contributed by atoms with Crippen molar-refractivity contribution < 1.29 is 78.8 Å². The van der Waals surface area contributed by atoms with Gasteiger partial charge in [0.25, 0.3) is 0 Å². The summed E-state index contributed by atoms with van der Waals surface area (Å²) in [4.78, 5) is 9.98. The Morgan fingerprint density at radius 3 is 1.88 bits per heavy atom. The SMILES string of the molecule is CC(=O)/C=C(/C)[O-].[Cs+]. The van der Waals surface area contributed by atoms with E-state index in [-0.39, 0.29) is 80.4 Å². The average molecular weight is 232 g/mol. The summed E-state index contributed by atoms with van der Waals surface area (Å²) in [5.41, 5.74) is 0. The second kappa shape index (κ2) is 6.38. The molecule has 40 valence electrons. The molecule has 3 heteroatoms. The van der Waals surface area contributed by atoms with Crippen LogP contribution in [-0.4, -0.2) is 5.78 Å². The van der Waals surface area contributed by atoms with Gasteiger partial charge in [-0.1, -0.05) is 6.92 Å². The fraction of sp³-hybridized carbons (Fsp3) is 0.400. The maximum Gasteiger partial charge on any atom is 1.00 e. The van der Waals surface area contributed by atoms with Gasteiger partial charge in [0.15, 0.2) is 5.78 Å². The second-order valence-corrected chi connectivity index (χ2v) is 1.37. The molecule has 0 atom stereocenters. The molecule has 0 aliphatic carbocycles. The van der Waals surface area contributed by atoms with Crippen LogP contribution < -0.4 is 74.0 Å². The molecular weight excluding hydrogens is 225 g/mol. The van der Waals surface area contributed by atoms with Gasteiger partial charge in [-0.3, -0.25) is 4.79 Å². The first-order valence-electron chi connectivity index (χ1n) is 1.99. The van der Waals surface area contributed by atoms with E-state index in [1.165, 1.54) is 13.8 Å². The molecule has 0 saturated heterocycles. The van der Waals surface area contributed by atoms with Gasteiger partial charge < -0.3 is 5.11 Å². The molecule has 0 aromatic heterocycles. The minimum absolute atomic E-state index is 0. The van der Waals surface area contributed by atoms with Crippen LogP contribution >= 0.6 is 0 Å². The molecule has 8 heavy (non-hydrogen) atoms. The van der Waals surface area contributed by atoms with Crippen molar-refractivity contribution in [2.24, 2.45) is 0 Å². The van der Waals surface area contributed by atoms with Gasteiger partial charge in [0.1, 0.15) is 0 Å². The van der Waals surface area contributed by atoms with E-state index in [1.807, 2.05) is 0 Å². The van der Waals surface area contributed by atoms with Gasteiger partial charge in [-0.05, 0) is 13.0 Å². The number of rotatable bonds is 1. The van der Waals surface area contributed by atoms with Crippen LogP contribution in [0.15, 0.2) is 11.8 Å². The van der Waals surface area contributed by atoms with E-state index in [4.69, 9.17) is 0 Å². The van der Waals surface area contributed by atoms with Crippen LogP contribution in [0.5, 0.6) is 0 Å². The van der Waals surface area contributed by atoms with E-state index < -0.39 is 0 Å². The van der Waals surface area contributed by atoms with E-state index in [0.717, 1.165) is 6.08 Å². The number of hydrogen-bond donors (Lipinski definition) is 0. The molecule has 0 aliphatic heterocycles. The van der Waals surface area contributed by atoms with E-state index in [0.29, 0.717) is 0 Å². The normalized spacial score (nSPS) is 10.0. The quantitative estimate of drug-likeness (QED) is 0.353. The molecule has 0 radical (unpaired) electrons. The van der Waals surface area contributed by atoms with Crippen LogP contribution in [0, 0.1) is 0 Å². The topological polar surface area (TPSA) is 40.1 Å². The molecule has 0 amide bonds. The van der Waals surface area contributed by atoms with Crippen molar-refractivity contribution in [3.8, 4) is 0 Å². The third-order valence-corrected chi connectivity index (χ3v) is 0.407. The standard InChI is InChI=1S/C5H8O2.Cs/c1-4(6)3-5(2)7;/h3,6H,1-2H3;/q;+1/p-1/b4-3-;. The molecule has 0 aromatic rings. The maximum absolute atomic E-state index is 9.98. The summed E-state index contributed by atoms with van der Waals surface area (Å²) in [5, 5.41) is 9.98. The third kappa shape index (κ3) is 10.3. The van der Waals surface area contributed by atoms with Gasteiger partial charge in [-0.2, -0.15) is 0 Å². The summed E-state index contributed by atoms with van der Waals surface area (Å²) < 4.78 is 0. The van der Waals surface area contributed by atoms with E-state index in [1.54, 1.807) is 0 Å². The van der Waals surface area contributed by atoms with Crippen molar-refractivity contribution in [2.75, 3.05) is 0 Å². The van der Waals surface area contributed by atoms with Gasteiger partial charge >= 0.3 is 68.9 Å². The predicted octanol–water partition coefficient (Wildman–Crippen LogP) is -3.16. The van der Waals surface area contributed by atoms with E-state index >= 15 is 0 Å². The molecule has 0 fully saturated rings. The van der Waals surface area contributed by atoms with Gasteiger partial charge in [0, 0.05) is 0 Å². The first-order chi connectivity index (χ1) is 3.13. The summed E-state index contributed by atoms with van der Waals surface area (Å²) in [7, 11) is 0. The molecule has 0 aromatic carbocycles. The molecule has 0 spiro atoms. The average Bonchev–Trinajstić information content (AvgIpc) is 1.27. The van der Waals surface area contributed by atoms with Crippen molar-refractivity contribution >= 4 is 5.78 Å². The van der Waals surface area contributed by atoms with Crippen LogP contribution in [0.3, 0.4) is 0 Å². The first-order valence-corrected chi connectivity index (χ1v) is 1.99. The van der Waals surface area contributed by atoms with Gasteiger partial charge in [-0.15, -0.1) is 5.76 Å². The fourth-order valence-corrected chi connectivity index (χ4v) is 0.286. The first kappa shape index (κ1) is 12.0. The number of ketones is 1.